The van der Waals surface area contributed by atoms with E-state index in [0.717, 1.165) is 18.7 Å². The highest BCUT2D eigenvalue weighted by Gasteiger charge is 2.41. The minimum Gasteiger partial charge on any atom is -0.310 e. The van der Waals surface area contributed by atoms with Gasteiger partial charge in [0.2, 0.25) is 0 Å². The number of halogens is 1. The fraction of sp³-hybridized carbons (Fsp3) is 0.556. The van der Waals surface area contributed by atoms with Crippen molar-refractivity contribution in [2.24, 2.45) is 0 Å². The van der Waals surface area contributed by atoms with Crippen molar-refractivity contribution in [3.05, 3.63) is 27.9 Å². The quantitative estimate of drug-likeness (QED) is 0.734. The van der Waals surface area contributed by atoms with Gasteiger partial charge in [0.05, 0.1) is 11.6 Å². The summed E-state index contributed by atoms with van der Waals surface area (Å²) in [7, 11) is 0. The van der Waals surface area contributed by atoms with Gasteiger partial charge < -0.3 is 4.98 Å². The first kappa shape index (κ1) is 8.75. The molecule has 0 aromatic carbocycles. The number of nitrogens with zero attached hydrogens (tertiary/aromatic N) is 1. The molecule has 0 unspecified atom stereocenters. The Morgan fingerprint density at radius 3 is 2.92 bits per heavy atom. The largest absolute Gasteiger partial charge is 0.310 e. The smallest absolute Gasteiger partial charge is 0.251 e. The van der Waals surface area contributed by atoms with E-state index in [0.29, 0.717) is 11.6 Å². The summed E-state index contributed by atoms with van der Waals surface area (Å²) in [5.41, 5.74) is 0.656. The van der Waals surface area contributed by atoms with Gasteiger partial charge in [0.1, 0.15) is 5.82 Å². The molecule has 1 saturated carbocycles. The van der Waals surface area contributed by atoms with Crippen molar-refractivity contribution in [3.8, 4) is 0 Å². The SMILES string of the molecule is CC1(c2nc(CCl)cc(=O)[nH]2)CC1. The first-order chi connectivity index (χ1) is 6.14. The zero-order valence-electron chi connectivity index (χ0n) is 7.43. The molecule has 2 rings (SSSR count). The molecule has 0 spiro atoms. The van der Waals surface area contributed by atoms with E-state index in [4.69, 9.17) is 11.6 Å². The van der Waals surface area contributed by atoms with E-state index < -0.39 is 0 Å². The molecule has 0 bridgehead atoms. The molecule has 1 aliphatic carbocycles. The molecule has 4 heteroatoms. The van der Waals surface area contributed by atoms with Crippen LogP contribution in [0.25, 0.3) is 0 Å². The van der Waals surface area contributed by atoms with Crippen LogP contribution >= 0.6 is 11.6 Å². The van der Waals surface area contributed by atoms with E-state index >= 15 is 0 Å². The minimum atomic E-state index is -0.103. The van der Waals surface area contributed by atoms with Gasteiger partial charge in [-0.15, -0.1) is 11.6 Å². The first-order valence-corrected chi connectivity index (χ1v) is 4.84. The molecule has 0 radical (unpaired) electrons. The molecular formula is C9H11ClN2O. The van der Waals surface area contributed by atoms with Gasteiger partial charge in [-0.1, -0.05) is 6.92 Å². The molecule has 0 aliphatic heterocycles. The summed E-state index contributed by atoms with van der Waals surface area (Å²) >= 11 is 5.63. The summed E-state index contributed by atoms with van der Waals surface area (Å²) in [4.78, 5) is 18.2. The minimum absolute atomic E-state index is 0.0984. The molecular weight excluding hydrogens is 188 g/mol. The van der Waals surface area contributed by atoms with Crippen molar-refractivity contribution in [3.63, 3.8) is 0 Å². The molecule has 0 amide bonds. The molecule has 1 aliphatic rings. The maximum absolute atomic E-state index is 11.2. The molecule has 0 saturated heterocycles. The van der Waals surface area contributed by atoms with Gasteiger partial charge in [-0.25, -0.2) is 4.98 Å². The van der Waals surface area contributed by atoms with Crippen molar-refractivity contribution in [1.82, 2.24) is 9.97 Å². The summed E-state index contributed by atoms with van der Waals surface area (Å²) in [5.74, 6) is 1.09. The standard InChI is InChI=1S/C9H11ClN2O/c1-9(2-3-9)8-11-6(5-10)4-7(13)12-8/h4H,2-3,5H2,1H3,(H,11,12,13). The summed E-state index contributed by atoms with van der Waals surface area (Å²) in [6, 6.07) is 1.45. The number of H-pyrrole nitrogens is 1. The lowest BCUT2D eigenvalue weighted by molar-refractivity contribution is 0.695. The predicted molar refractivity (Wildman–Crippen MR) is 51.0 cm³/mol. The van der Waals surface area contributed by atoms with Gasteiger partial charge in [-0.3, -0.25) is 4.79 Å². The van der Waals surface area contributed by atoms with Crippen molar-refractivity contribution in [2.75, 3.05) is 0 Å². The fourth-order valence-corrected chi connectivity index (χ4v) is 1.42. The Bertz CT molecular complexity index is 381. The summed E-state index contributed by atoms with van der Waals surface area (Å²) in [6.45, 7) is 2.10. The third-order valence-corrected chi connectivity index (χ3v) is 2.78. The van der Waals surface area contributed by atoms with Crippen LogP contribution in [0.4, 0.5) is 0 Å². The molecule has 0 atom stereocenters. The number of aromatic nitrogens is 2. The summed E-state index contributed by atoms with van der Waals surface area (Å²) < 4.78 is 0. The predicted octanol–water partition coefficient (Wildman–Crippen LogP) is 1.56. The molecule has 13 heavy (non-hydrogen) atoms. The Morgan fingerprint density at radius 1 is 1.69 bits per heavy atom. The van der Waals surface area contributed by atoms with Crippen molar-refractivity contribution in [1.29, 1.82) is 0 Å². The van der Waals surface area contributed by atoms with E-state index in [1.165, 1.54) is 6.07 Å². The Hall–Kier alpha value is -0.830. The molecule has 3 nitrogen and oxygen atoms in total. The third-order valence-electron chi connectivity index (χ3n) is 2.50. The van der Waals surface area contributed by atoms with E-state index in [2.05, 4.69) is 16.9 Å². The first-order valence-electron chi connectivity index (χ1n) is 4.31. The van der Waals surface area contributed by atoms with Crippen LogP contribution in [-0.2, 0) is 11.3 Å². The van der Waals surface area contributed by atoms with Gasteiger partial charge in [0.15, 0.2) is 0 Å². The Kier molecular flexibility index (Phi) is 1.91. The van der Waals surface area contributed by atoms with Crippen molar-refractivity contribution >= 4 is 11.6 Å². The molecule has 1 aromatic rings. The van der Waals surface area contributed by atoms with E-state index in [1.54, 1.807) is 0 Å². The zero-order valence-corrected chi connectivity index (χ0v) is 8.19. The van der Waals surface area contributed by atoms with Crippen LogP contribution in [0.2, 0.25) is 0 Å². The monoisotopic (exact) mass is 198 g/mol. The van der Waals surface area contributed by atoms with Crippen LogP contribution in [0.1, 0.15) is 31.3 Å². The maximum Gasteiger partial charge on any atom is 0.251 e. The van der Waals surface area contributed by atoms with Crippen LogP contribution < -0.4 is 5.56 Å². The van der Waals surface area contributed by atoms with Crippen LogP contribution in [0.5, 0.6) is 0 Å². The van der Waals surface area contributed by atoms with E-state index in [1.807, 2.05) is 0 Å². The van der Waals surface area contributed by atoms with Gasteiger partial charge >= 0.3 is 0 Å². The number of aromatic amines is 1. The Morgan fingerprint density at radius 2 is 2.38 bits per heavy atom. The number of rotatable bonds is 2. The molecule has 1 heterocycles. The van der Waals surface area contributed by atoms with Crippen LogP contribution in [0.15, 0.2) is 10.9 Å². The Balaban J connectivity index is 2.46. The average Bonchev–Trinajstić information content (AvgIpc) is 2.84. The lowest BCUT2D eigenvalue weighted by Crippen LogP contribution is -2.17. The van der Waals surface area contributed by atoms with Crippen molar-refractivity contribution < 1.29 is 0 Å². The highest BCUT2D eigenvalue weighted by Crippen LogP contribution is 2.45. The fourth-order valence-electron chi connectivity index (χ4n) is 1.29. The van der Waals surface area contributed by atoms with Gasteiger partial charge in [-0.2, -0.15) is 0 Å². The zero-order chi connectivity index (χ0) is 9.47. The van der Waals surface area contributed by atoms with Crippen LogP contribution in [0, 0.1) is 0 Å². The lowest BCUT2D eigenvalue weighted by atomic mass is 10.1. The molecule has 1 N–H and O–H groups in total. The number of nitrogens with one attached hydrogen (secondary N) is 1. The Labute approximate surface area is 81.2 Å². The van der Waals surface area contributed by atoms with Gasteiger partial charge in [-0.05, 0) is 12.8 Å². The average molecular weight is 199 g/mol. The van der Waals surface area contributed by atoms with Crippen LogP contribution in [-0.4, -0.2) is 9.97 Å². The van der Waals surface area contributed by atoms with E-state index in [9.17, 15) is 4.79 Å². The number of alkyl halides is 1. The van der Waals surface area contributed by atoms with Gasteiger partial charge in [0.25, 0.3) is 5.56 Å². The highest BCUT2D eigenvalue weighted by molar-refractivity contribution is 6.16. The molecule has 70 valence electrons. The summed E-state index contributed by atoms with van der Waals surface area (Å²) in [5, 5.41) is 0. The van der Waals surface area contributed by atoms with Crippen LogP contribution in [0.3, 0.4) is 0 Å². The van der Waals surface area contributed by atoms with Gasteiger partial charge in [0, 0.05) is 11.5 Å². The third kappa shape index (κ3) is 1.61. The second kappa shape index (κ2) is 2.84. The second-order valence-corrected chi connectivity index (χ2v) is 4.05. The molecule has 1 fully saturated rings. The second-order valence-electron chi connectivity index (χ2n) is 3.78. The number of hydrogen-bond donors (Lipinski definition) is 1. The summed E-state index contributed by atoms with van der Waals surface area (Å²) in [6.07, 6.45) is 2.20. The van der Waals surface area contributed by atoms with E-state index in [-0.39, 0.29) is 11.0 Å². The number of hydrogen-bond acceptors (Lipinski definition) is 2. The lowest BCUT2D eigenvalue weighted by Gasteiger charge is -2.07. The highest BCUT2D eigenvalue weighted by atomic mass is 35.5. The molecule has 1 aromatic heterocycles. The normalized spacial score (nSPS) is 18.6. The maximum atomic E-state index is 11.2. The van der Waals surface area contributed by atoms with Crippen molar-refractivity contribution in [2.45, 2.75) is 31.1 Å². The topological polar surface area (TPSA) is 45.8 Å².